The summed E-state index contributed by atoms with van der Waals surface area (Å²) in [6.07, 6.45) is 1.34. The first-order valence-electron chi connectivity index (χ1n) is 8.73. The molecular formula is C20H17F2N3O4. The van der Waals surface area contributed by atoms with E-state index in [4.69, 9.17) is 4.74 Å². The SMILES string of the molecule is CCn1cc(C(=O)OCC(=O)Nc2ccc(F)c(F)c2)c(=O)c2ccc(C)nc21. The van der Waals surface area contributed by atoms with Crippen LogP contribution in [0.3, 0.4) is 0 Å². The smallest absolute Gasteiger partial charge is 0.344 e. The van der Waals surface area contributed by atoms with Gasteiger partial charge in [0, 0.05) is 30.2 Å². The minimum Gasteiger partial charge on any atom is -0.452 e. The lowest BCUT2D eigenvalue weighted by Gasteiger charge is -2.11. The van der Waals surface area contributed by atoms with E-state index in [1.165, 1.54) is 6.20 Å². The number of nitrogens with zero attached hydrogens (tertiary/aromatic N) is 2. The van der Waals surface area contributed by atoms with Gasteiger partial charge in [-0.2, -0.15) is 0 Å². The second-order valence-electron chi connectivity index (χ2n) is 6.23. The molecule has 1 N–H and O–H groups in total. The molecule has 0 saturated carbocycles. The predicted molar refractivity (Wildman–Crippen MR) is 102 cm³/mol. The van der Waals surface area contributed by atoms with Crippen molar-refractivity contribution < 1.29 is 23.1 Å². The lowest BCUT2D eigenvalue weighted by molar-refractivity contribution is -0.119. The summed E-state index contributed by atoms with van der Waals surface area (Å²) in [6, 6.07) is 6.06. The van der Waals surface area contributed by atoms with Gasteiger partial charge in [-0.05, 0) is 38.1 Å². The summed E-state index contributed by atoms with van der Waals surface area (Å²) < 4.78 is 32.7. The van der Waals surface area contributed by atoms with E-state index in [-0.39, 0.29) is 16.6 Å². The predicted octanol–water partition coefficient (Wildman–Crippen LogP) is 2.80. The Morgan fingerprint density at radius 1 is 1.17 bits per heavy atom. The van der Waals surface area contributed by atoms with E-state index in [2.05, 4.69) is 10.3 Å². The van der Waals surface area contributed by atoms with Crippen molar-refractivity contribution in [2.24, 2.45) is 0 Å². The number of pyridine rings is 2. The second-order valence-corrected chi connectivity index (χ2v) is 6.23. The number of nitrogens with one attached hydrogen (secondary N) is 1. The van der Waals surface area contributed by atoms with Crippen molar-refractivity contribution in [3.05, 3.63) is 69.6 Å². The van der Waals surface area contributed by atoms with Gasteiger partial charge in [-0.1, -0.05) is 0 Å². The van der Waals surface area contributed by atoms with Crippen LogP contribution in [0.1, 0.15) is 23.0 Å². The molecule has 0 aliphatic heterocycles. The Kier molecular flexibility index (Phi) is 5.67. The standard InChI is InChI=1S/C20H17F2N3O4/c1-3-25-9-14(18(27)13-6-4-11(2)23-19(13)25)20(28)29-10-17(26)24-12-5-7-15(21)16(22)8-12/h4-9H,3,10H2,1-2H3,(H,24,26). The molecule has 9 heteroatoms. The maximum atomic E-state index is 13.2. The van der Waals surface area contributed by atoms with Gasteiger partial charge in [-0.25, -0.2) is 18.6 Å². The van der Waals surface area contributed by atoms with Crippen molar-refractivity contribution in [2.45, 2.75) is 20.4 Å². The molecule has 0 aliphatic carbocycles. The number of anilines is 1. The van der Waals surface area contributed by atoms with Crippen LogP contribution in [0.5, 0.6) is 0 Å². The molecule has 0 unspecified atom stereocenters. The fourth-order valence-electron chi connectivity index (χ4n) is 2.73. The van der Waals surface area contributed by atoms with Crippen LogP contribution in [0.2, 0.25) is 0 Å². The zero-order valence-corrected chi connectivity index (χ0v) is 15.7. The number of aryl methyl sites for hydroxylation is 2. The highest BCUT2D eigenvalue weighted by Gasteiger charge is 2.18. The van der Waals surface area contributed by atoms with Crippen LogP contribution >= 0.6 is 0 Å². The molecule has 7 nitrogen and oxygen atoms in total. The zero-order valence-electron chi connectivity index (χ0n) is 15.7. The monoisotopic (exact) mass is 401 g/mol. The Morgan fingerprint density at radius 3 is 2.62 bits per heavy atom. The molecule has 0 aliphatic rings. The molecule has 3 aromatic rings. The molecule has 2 aromatic heterocycles. The van der Waals surface area contributed by atoms with Crippen molar-refractivity contribution in [3.8, 4) is 0 Å². The highest BCUT2D eigenvalue weighted by atomic mass is 19.2. The number of fused-ring (bicyclic) bond motifs is 1. The van der Waals surface area contributed by atoms with Gasteiger partial charge in [0.2, 0.25) is 5.43 Å². The number of halogens is 2. The van der Waals surface area contributed by atoms with Crippen molar-refractivity contribution in [2.75, 3.05) is 11.9 Å². The number of carbonyl (C=O) groups is 2. The van der Waals surface area contributed by atoms with E-state index in [1.807, 2.05) is 6.92 Å². The van der Waals surface area contributed by atoms with Crippen molar-refractivity contribution in [1.29, 1.82) is 0 Å². The van der Waals surface area contributed by atoms with Gasteiger partial charge in [-0.3, -0.25) is 9.59 Å². The van der Waals surface area contributed by atoms with Crippen LogP contribution in [0.4, 0.5) is 14.5 Å². The number of rotatable bonds is 5. The third-order valence-electron chi connectivity index (χ3n) is 4.16. The fourth-order valence-corrected chi connectivity index (χ4v) is 2.73. The molecule has 29 heavy (non-hydrogen) atoms. The van der Waals surface area contributed by atoms with E-state index in [0.29, 0.717) is 12.2 Å². The first kappa shape index (κ1) is 20.1. The summed E-state index contributed by atoms with van der Waals surface area (Å²) in [7, 11) is 0. The number of aromatic nitrogens is 2. The minimum atomic E-state index is -1.13. The van der Waals surface area contributed by atoms with Crippen LogP contribution < -0.4 is 10.7 Å². The van der Waals surface area contributed by atoms with E-state index in [9.17, 15) is 23.2 Å². The van der Waals surface area contributed by atoms with Crippen molar-refractivity contribution in [3.63, 3.8) is 0 Å². The lowest BCUT2D eigenvalue weighted by Crippen LogP contribution is -2.25. The molecule has 150 valence electrons. The summed E-state index contributed by atoms with van der Waals surface area (Å²) in [5.74, 6) is -3.92. The van der Waals surface area contributed by atoms with Gasteiger partial charge in [0.25, 0.3) is 5.91 Å². The first-order chi connectivity index (χ1) is 13.8. The van der Waals surface area contributed by atoms with Crippen LogP contribution in [0, 0.1) is 18.6 Å². The summed E-state index contributed by atoms with van der Waals surface area (Å²) in [5.41, 5.74) is 0.396. The van der Waals surface area contributed by atoms with Crippen LogP contribution in [-0.2, 0) is 16.1 Å². The molecular weight excluding hydrogens is 384 g/mol. The van der Waals surface area contributed by atoms with Gasteiger partial charge in [0.1, 0.15) is 11.2 Å². The maximum absolute atomic E-state index is 13.2. The van der Waals surface area contributed by atoms with Gasteiger partial charge in [0.05, 0.1) is 5.39 Å². The summed E-state index contributed by atoms with van der Waals surface area (Å²) in [5, 5.41) is 2.54. The fraction of sp³-hybridized carbons (Fsp3) is 0.200. The number of hydrogen-bond donors (Lipinski definition) is 1. The quantitative estimate of drug-likeness (QED) is 0.664. The Hall–Kier alpha value is -3.62. The second kappa shape index (κ2) is 8.17. The Morgan fingerprint density at radius 2 is 1.93 bits per heavy atom. The molecule has 1 amide bonds. The normalized spacial score (nSPS) is 10.8. The Labute approximate surface area is 163 Å². The number of benzene rings is 1. The van der Waals surface area contributed by atoms with Gasteiger partial charge in [0.15, 0.2) is 18.2 Å². The number of hydrogen-bond acceptors (Lipinski definition) is 5. The minimum absolute atomic E-state index is 0.00503. The van der Waals surface area contributed by atoms with Gasteiger partial charge < -0.3 is 14.6 Å². The molecule has 3 rings (SSSR count). The molecule has 0 fully saturated rings. The largest absolute Gasteiger partial charge is 0.452 e. The molecule has 2 heterocycles. The van der Waals surface area contributed by atoms with E-state index in [1.54, 1.807) is 23.6 Å². The van der Waals surface area contributed by atoms with Crippen molar-refractivity contribution in [1.82, 2.24) is 9.55 Å². The maximum Gasteiger partial charge on any atom is 0.344 e. The van der Waals surface area contributed by atoms with E-state index in [0.717, 1.165) is 23.9 Å². The molecule has 1 aromatic carbocycles. The topological polar surface area (TPSA) is 90.3 Å². The molecule has 0 bridgehead atoms. The third kappa shape index (κ3) is 4.29. The van der Waals surface area contributed by atoms with E-state index >= 15 is 0 Å². The first-order valence-corrected chi connectivity index (χ1v) is 8.73. The number of ether oxygens (including phenoxy) is 1. The third-order valence-corrected chi connectivity index (χ3v) is 4.16. The average molecular weight is 401 g/mol. The van der Waals surface area contributed by atoms with Crippen LogP contribution in [0.15, 0.2) is 41.3 Å². The highest BCUT2D eigenvalue weighted by Crippen LogP contribution is 2.14. The molecule has 0 radical (unpaired) electrons. The molecule has 0 saturated heterocycles. The average Bonchev–Trinajstić information content (AvgIpc) is 2.69. The lowest BCUT2D eigenvalue weighted by atomic mass is 10.2. The summed E-state index contributed by atoms with van der Waals surface area (Å²) >= 11 is 0. The number of esters is 1. The molecule has 0 spiro atoms. The Bertz CT molecular complexity index is 1170. The van der Waals surface area contributed by atoms with Crippen molar-refractivity contribution >= 4 is 28.6 Å². The highest BCUT2D eigenvalue weighted by molar-refractivity contribution is 5.96. The number of amides is 1. The Balaban J connectivity index is 1.76. The van der Waals surface area contributed by atoms with Crippen LogP contribution in [-0.4, -0.2) is 28.0 Å². The molecule has 0 atom stereocenters. The summed E-state index contributed by atoms with van der Waals surface area (Å²) in [4.78, 5) is 41.2. The van der Waals surface area contributed by atoms with E-state index < -0.39 is 35.5 Å². The van der Waals surface area contributed by atoms with Gasteiger partial charge >= 0.3 is 5.97 Å². The summed E-state index contributed by atoms with van der Waals surface area (Å²) in [6.45, 7) is 3.38. The van der Waals surface area contributed by atoms with Crippen LogP contribution in [0.25, 0.3) is 11.0 Å². The zero-order chi connectivity index (χ0) is 21.1. The van der Waals surface area contributed by atoms with Gasteiger partial charge in [-0.15, -0.1) is 0 Å². The number of carbonyl (C=O) groups excluding carboxylic acids is 2.